The Morgan fingerprint density at radius 1 is 1.33 bits per heavy atom. The lowest BCUT2D eigenvalue weighted by molar-refractivity contribution is 0.0493. The summed E-state index contributed by atoms with van der Waals surface area (Å²) in [5.41, 5.74) is -0.452. The third kappa shape index (κ3) is 5.95. The van der Waals surface area contributed by atoms with Crippen LogP contribution in [0.5, 0.6) is 0 Å². The largest absolute Gasteiger partial charge is 0.464 e. The number of anilines is 1. The lowest BCUT2D eigenvalue weighted by atomic mass is 9.80. The van der Waals surface area contributed by atoms with Crippen molar-refractivity contribution < 1.29 is 19.1 Å². The topological polar surface area (TPSA) is 93.6 Å². The first kappa shape index (κ1) is 21.2. The lowest BCUT2D eigenvalue weighted by Crippen LogP contribution is -2.46. The molecule has 0 saturated carbocycles. The van der Waals surface area contributed by atoms with Gasteiger partial charge in [-0.15, -0.1) is 0 Å². The van der Waals surface area contributed by atoms with Crippen LogP contribution in [0, 0.1) is 5.41 Å². The van der Waals surface area contributed by atoms with E-state index in [-0.39, 0.29) is 16.3 Å². The number of rotatable bonds is 4. The first-order chi connectivity index (χ1) is 12.5. The number of nitrogens with zero attached hydrogens (tertiary/aromatic N) is 3. The molecule has 0 atom stereocenters. The second-order valence-electron chi connectivity index (χ2n) is 8.01. The van der Waals surface area contributed by atoms with Crippen molar-refractivity contribution in [2.75, 3.05) is 31.6 Å². The van der Waals surface area contributed by atoms with Gasteiger partial charge in [0.15, 0.2) is 11.5 Å². The van der Waals surface area contributed by atoms with Gasteiger partial charge in [0.2, 0.25) is 0 Å². The summed E-state index contributed by atoms with van der Waals surface area (Å²) in [6.07, 6.45) is 2.52. The number of aromatic nitrogens is 2. The van der Waals surface area contributed by atoms with E-state index in [1.807, 2.05) is 25.7 Å². The Morgan fingerprint density at radius 2 is 1.96 bits per heavy atom. The number of piperidine rings is 1. The third-order valence-electron chi connectivity index (χ3n) is 4.43. The molecule has 27 heavy (non-hydrogen) atoms. The van der Waals surface area contributed by atoms with Gasteiger partial charge in [0.1, 0.15) is 10.8 Å². The SMILES string of the molecule is COC(=O)c1ncc(Cl)nc1N1CCC(C)(CNC(=O)OC(C)(C)C)CC1. The van der Waals surface area contributed by atoms with Crippen LogP contribution in [0.15, 0.2) is 6.20 Å². The van der Waals surface area contributed by atoms with E-state index >= 15 is 0 Å². The Hall–Kier alpha value is -2.09. The van der Waals surface area contributed by atoms with Crippen molar-refractivity contribution in [3.8, 4) is 0 Å². The van der Waals surface area contributed by atoms with E-state index in [2.05, 4.69) is 22.2 Å². The number of amides is 1. The fourth-order valence-corrected chi connectivity index (χ4v) is 2.98. The van der Waals surface area contributed by atoms with Crippen molar-refractivity contribution in [1.29, 1.82) is 0 Å². The molecule has 2 heterocycles. The average molecular weight is 399 g/mol. The molecule has 8 nitrogen and oxygen atoms in total. The number of alkyl carbamates (subject to hydrolysis) is 1. The second kappa shape index (κ2) is 8.29. The third-order valence-corrected chi connectivity index (χ3v) is 4.61. The molecule has 0 bridgehead atoms. The number of ether oxygens (including phenoxy) is 2. The van der Waals surface area contributed by atoms with Crippen molar-refractivity contribution in [3.63, 3.8) is 0 Å². The van der Waals surface area contributed by atoms with E-state index in [0.717, 1.165) is 12.8 Å². The molecule has 1 saturated heterocycles. The summed E-state index contributed by atoms with van der Waals surface area (Å²) in [6, 6.07) is 0. The maximum absolute atomic E-state index is 12.0. The maximum Gasteiger partial charge on any atom is 0.407 e. The highest BCUT2D eigenvalue weighted by molar-refractivity contribution is 6.29. The predicted molar refractivity (Wildman–Crippen MR) is 102 cm³/mol. The number of carbonyl (C=O) groups is 2. The average Bonchev–Trinajstić information content (AvgIpc) is 2.59. The summed E-state index contributed by atoms with van der Waals surface area (Å²) >= 11 is 5.96. The summed E-state index contributed by atoms with van der Waals surface area (Å²) < 4.78 is 10.1. The summed E-state index contributed by atoms with van der Waals surface area (Å²) in [4.78, 5) is 34.2. The highest BCUT2D eigenvalue weighted by Crippen LogP contribution is 2.33. The van der Waals surface area contributed by atoms with Gasteiger partial charge in [-0.1, -0.05) is 18.5 Å². The molecular weight excluding hydrogens is 372 g/mol. The molecule has 9 heteroatoms. The zero-order valence-corrected chi connectivity index (χ0v) is 17.2. The Bertz CT molecular complexity index is 697. The number of methoxy groups -OCH3 is 1. The Kier molecular flexibility index (Phi) is 6.51. The Balaban J connectivity index is 2.00. The highest BCUT2D eigenvalue weighted by atomic mass is 35.5. The molecule has 1 aromatic rings. The molecular formula is C18H27ClN4O4. The van der Waals surface area contributed by atoms with Crippen LogP contribution < -0.4 is 10.2 Å². The minimum absolute atomic E-state index is 0.0785. The number of esters is 1. The number of carbonyl (C=O) groups excluding carboxylic acids is 2. The van der Waals surface area contributed by atoms with Crippen LogP contribution >= 0.6 is 11.6 Å². The standard InChI is InChI=1S/C18H27ClN4O4/c1-17(2,3)27-16(25)21-11-18(4)6-8-23(9-7-18)14-13(15(24)26-5)20-10-12(19)22-14/h10H,6-9,11H2,1-5H3,(H,21,25). The molecule has 1 N–H and O–H groups in total. The number of nitrogens with one attached hydrogen (secondary N) is 1. The summed E-state index contributed by atoms with van der Waals surface area (Å²) in [6.45, 7) is 9.44. The van der Waals surface area contributed by atoms with Crippen LogP contribution in [0.1, 0.15) is 51.0 Å². The fourth-order valence-electron chi connectivity index (χ4n) is 2.85. The first-order valence-electron chi connectivity index (χ1n) is 8.86. The molecule has 150 valence electrons. The Labute approximate surface area is 164 Å². The van der Waals surface area contributed by atoms with E-state index < -0.39 is 17.7 Å². The molecule has 0 radical (unpaired) electrons. The minimum Gasteiger partial charge on any atom is -0.464 e. The van der Waals surface area contributed by atoms with E-state index in [1.54, 1.807) is 0 Å². The number of hydrogen-bond donors (Lipinski definition) is 1. The molecule has 0 aromatic carbocycles. The highest BCUT2D eigenvalue weighted by Gasteiger charge is 2.33. The first-order valence-corrected chi connectivity index (χ1v) is 9.23. The van der Waals surface area contributed by atoms with Crippen molar-refractivity contribution in [2.45, 2.75) is 46.1 Å². The molecule has 0 spiro atoms. The van der Waals surface area contributed by atoms with E-state index in [9.17, 15) is 9.59 Å². The summed E-state index contributed by atoms with van der Waals surface area (Å²) in [7, 11) is 1.30. The van der Waals surface area contributed by atoms with Crippen LogP contribution in [0.25, 0.3) is 0 Å². The van der Waals surface area contributed by atoms with Crippen LogP contribution in [-0.2, 0) is 9.47 Å². The molecule has 1 aliphatic rings. The number of halogens is 1. The van der Waals surface area contributed by atoms with Crippen molar-refractivity contribution in [1.82, 2.24) is 15.3 Å². The summed E-state index contributed by atoms with van der Waals surface area (Å²) in [5.74, 6) is -0.120. The van der Waals surface area contributed by atoms with E-state index in [1.165, 1.54) is 13.3 Å². The van der Waals surface area contributed by atoms with Gasteiger partial charge in [-0.05, 0) is 39.0 Å². The monoisotopic (exact) mass is 398 g/mol. The molecule has 1 fully saturated rings. The van der Waals surface area contributed by atoms with Gasteiger partial charge in [0.05, 0.1) is 13.3 Å². The Morgan fingerprint density at radius 3 is 2.52 bits per heavy atom. The normalized spacial score (nSPS) is 16.6. The van der Waals surface area contributed by atoms with Crippen molar-refractivity contribution in [2.24, 2.45) is 5.41 Å². The zero-order chi connectivity index (χ0) is 20.2. The van der Waals surface area contributed by atoms with Crippen molar-refractivity contribution in [3.05, 3.63) is 17.0 Å². The van der Waals surface area contributed by atoms with Gasteiger partial charge in [-0.2, -0.15) is 0 Å². The zero-order valence-electron chi connectivity index (χ0n) is 16.5. The van der Waals surface area contributed by atoms with Gasteiger partial charge >= 0.3 is 12.1 Å². The van der Waals surface area contributed by atoms with Gasteiger partial charge in [-0.25, -0.2) is 19.6 Å². The van der Waals surface area contributed by atoms with Crippen LogP contribution in [0.3, 0.4) is 0 Å². The van der Waals surface area contributed by atoms with Crippen LogP contribution in [0.4, 0.5) is 10.6 Å². The molecule has 0 aliphatic carbocycles. The van der Waals surface area contributed by atoms with Gasteiger partial charge in [-0.3, -0.25) is 0 Å². The van der Waals surface area contributed by atoms with E-state index in [0.29, 0.717) is 25.5 Å². The summed E-state index contributed by atoms with van der Waals surface area (Å²) in [5, 5.41) is 3.07. The van der Waals surface area contributed by atoms with Crippen molar-refractivity contribution >= 4 is 29.5 Å². The molecule has 1 amide bonds. The van der Waals surface area contributed by atoms with E-state index in [4.69, 9.17) is 21.1 Å². The van der Waals surface area contributed by atoms with Crippen LogP contribution in [0.2, 0.25) is 5.15 Å². The van der Waals surface area contributed by atoms with Crippen LogP contribution in [-0.4, -0.2) is 54.4 Å². The quantitative estimate of drug-likeness (QED) is 0.779. The number of hydrogen-bond acceptors (Lipinski definition) is 7. The molecule has 1 aliphatic heterocycles. The molecule has 2 rings (SSSR count). The smallest absolute Gasteiger partial charge is 0.407 e. The maximum atomic E-state index is 12.0. The van der Waals surface area contributed by atoms with Gasteiger partial charge in [0, 0.05) is 19.6 Å². The second-order valence-corrected chi connectivity index (χ2v) is 8.40. The fraction of sp³-hybridized carbons (Fsp3) is 0.667. The molecule has 1 aromatic heterocycles. The van der Waals surface area contributed by atoms with Gasteiger partial charge < -0.3 is 19.7 Å². The lowest BCUT2D eigenvalue weighted by Gasteiger charge is -2.40. The molecule has 0 unspecified atom stereocenters. The van der Waals surface area contributed by atoms with Gasteiger partial charge in [0.25, 0.3) is 0 Å². The predicted octanol–water partition coefficient (Wildman–Crippen LogP) is 3.05. The minimum atomic E-state index is -0.547.